The molecule has 0 unspecified atom stereocenters. The molecular weight excluding hydrogens is 363 g/mol. The molecule has 0 rings (SSSR count). The van der Waals surface area contributed by atoms with Gasteiger partial charge in [-0.25, -0.2) is 0 Å². The molecule has 0 nitrogen and oxygen atoms in total. The Hall–Kier alpha value is -0.828. The number of hydrogen-bond donors (Lipinski definition) is 0. The molecule has 0 N–H and O–H groups in total. The summed E-state index contributed by atoms with van der Waals surface area (Å²) in [4.78, 5) is 0. The summed E-state index contributed by atoms with van der Waals surface area (Å²) in [7, 11) is -6.03. The molecule has 25 heavy (non-hydrogen) atoms. The van der Waals surface area contributed by atoms with E-state index in [4.69, 9.17) is 0 Å². The SMILES string of the molecule is C[Si](C)(C)C#C[B-](C#C[Si](C)(C)C)(C#C[Si](C)(C)C)C#C[Si](C)(C)C. The highest BCUT2D eigenvalue weighted by Gasteiger charge is 2.19. The molecular formula is C20H36BSi4-. The maximum Gasteiger partial charge on any atom is 0.268 e. The maximum absolute atomic E-state index is 3.53. The third-order valence-electron chi connectivity index (χ3n) is 2.65. The topological polar surface area (TPSA) is 0 Å². The maximum atomic E-state index is 3.53. The predicted molar refractivity (Wildman–Crippen MR) is 130 cm³/mol. The predicted octanol–water partition coefficient (Wildman–Crippen LogP) is 5.12. The van der Waals surface area contributed by atoms with Crippen molar-refractivity contribution < 1.29 is 0 Å². The molecule has 0 saturated carbocycles. The van der Waals surface area contributed by atoms with Gasteiger partial charge in [0.25, 0.3) is 6.15 Å². The lowest BCUT2D eigenvalue weighted by atomic mass is 9.28. The molecule has 0 bridgehead atoms. The second-order valence-electron chi connectivity index (χ2n) is 10.9. The third kappa shape index (κ3) is 14.1. The highest BCUT2D eigenvalue weighted by atomic mass is 28.3. The zero-order chi connectivity index (χ0) is 20.2. The molecule has 0 aromatic rings. The molecule has 0 fully saturated rings. The van der Waals surface area contributed by atoms with Crippen molar-refractivity contribution in [3.05, 3.63) is 0 Å². The van der Waals surface area contributed by atoms with Crippen LogP contribution >= 0.6 is 0 Å². The third-order valence-corrected chi connectivity index (χ3v) is 6.23. The Morgan fingerprint density at radius 2 is 0.520 bits per heavy atom. The lowest BCUT2D eigenvalue weighted by molar-refractivity contribution is 1.81. The van der Waals surface area contributed by atoms with Crippen LogP contribution in [0.5, 0.6) is 0 Å². The van der Waals surface area contributed by atoms with Crippen molar-refractivity contribution in [1.29, 1.82) is 0 Å². The molecule has 0 radical (unpaired) electrons. The van der Waals surface area contributed by atoms with Gasteiger partial charge in [0.1, 0.15) is 32.3 Å². The zero-order valence-electron chi connectivity index (χ0n) is 18.6. The van der Waals surface area contributed by atoms with Crippen molar-refractivity contribution in [1.82, 2.24) is 0 Å². The Labute approximate surface area is 162 Å². The molecule has 0 aliphatic rings. The normalized spacial score (nSPS) is 12.3. The average molecular weight is 400 g/mol. The van der Waals surface area contributed by atoms with Crippen molar-refractivity contribution in [3.8, 4) is 45.5 Å². The minimum Gasteiger partial charge on any atom is -0.277 e. The molecule has 0 heterocycles. The summed E-state index contributed by atoms with van der Waals surface area (Å²) in [6.07, 6.45) is -1.57. The summed E-state index contributed by atoms with van der Waals surface area (Å²) in [5, 5.41) is 0. The van der Waals surface area contributed by atoms with E-state index in [-0.39, 0.29) is 0 Å². The Bertz CT molecular complexity index is 589. The van der Waals surface area contributed by atoms with Gasteiger partial charge in [-0.2, -0.15) is 22.2 Å². The standard InChI is InChI=1S/C20H36BSi4/c1-22(2,3)17-13-21(14-18-23(4,5)6,15-19-24(7,8)9)16-20-25(10,11)12/h1-12H3/q-1. The lowest BCUT2D eigenvalue weighted by Crippen LogP contribution is -2.34. The average Bonchev–Trinajstić information content (AvgIpc) is 2.33. The number of rotatable bonds is 0. The molecule has 0 saturated heterocycles. The van der Waals surface area contributed by atoms with Gasteiger partial charge >= 0.3 is 0 Å². The quantitative estimate of drug-likeness (QED) is 0.392. The van der Waals surface area contributed by atoms with E-state index in [1.807, 2.05) is 0 Å². The number of hydrogen-bond acceptors (Lipinski definition) is 0. The Morgan fingerprint density at radius 3 is 0.640 bits per heavy atom. The van der Waals surface area contributed by atoms with E-state index in [9.17, 15) is 0 Å². The lowest BCUT2D eigenvalue weighted by Gasteiger charge is -2.22. The summed E-state index contributed by atoms with van der Waals surface area (Å²) >= 11 is 0. The van der Waals surface area contributed by atoms with Crippen LogP contribution in [0.2, 0.25) is 78.6 Å². The van der Waals surface area contributed by atoms with E-state index in [0.717, 1.165) is 0 Å². The second-order valence-corrected chi connectivity index (χ2v) is 29.9. The van der Waals surface area contributed by atoms with Crippen LogP contribution in [0.4, 0.5) is 0 Å². The molecule has 0 aliphatic heterocycles. The molecule has 0 aromatic heterocycles. The fraction of sp³-hybridized carbons (Fsp3) is 0.600. The van der Waals surface area contributed by atoms with Crippen molar-refractivity contribution in [2.45, 2.75) is 78.6 Å². The molecule has 0 aromatic carbocycles. The van der Waals surface area contributed by atoms with Gasteiger partial charge in [0, 0.05) is 0 Å². The van der Waals surface area contributed by atoms with Gasteiger partial charge in [-0.3, -0.25) is 23.3 Å². The first-order chi connectivity index (χ1) is 10.8. The van der Waals surface area contributed by atoms with Gasteiger partial charge in [0.05, 0.1) is 0 Å². The van der Waals surface area contributed by atoms with E-state index in [2.05, 4.69) is 124 Å². The zero-order valence-corrected chi connectivity index (χ0v) is 22.6. The summed E-state index contributed by atoms with van der Waals surface area (Å²) in [5.74, 6) is 14.0. The van der Waals surface area contributed by atoms with Crippen LogP contribution in [0, 0.1) is 45.5 Å². The van der Waals surface area contributed by atoms with Crippen LogP contribution in [0.15, 0.2) is 0 Å². The minimum atomic E-state index is -1.57. The van der Waals surface area contributed by atoms with Crippen molar-refractivity contribution in [2.24, 2.45) is 0 Å². The van der Waals surface area contributed by atoms with Crippen molar-refractivity contribution in [2.75, 3.05) is 0 Å². The highest BCUT2D eigenvalue weighted by Crippen LogP contribution is 2.07. The Balaban J connectivity index is 6.66. The van der Waals surface area contributed by atoms with Crippen LogP contribution in [-0.2, 0) is 0 Å². The molecule has 0 aliphatic carbocycles. The van der Waals surface area contributed by atoms with Gasteiger partial charge in [0.2, 0.25) is 0 Å². The van der Waals surface area contributed by atoms with Gasteiger partial charge in [-0.05, 0) is 0 Å². The van der Waals surface area contributed by atoms with Gasteiger partial charge in [-0.1, -0.05) is 78.6 Å². The van der Waals surface area contributed by atoms with Crippen LogP contribution in [0.25, 0.3) is 0 Å². The Morgan fingerprint density at radius 1 is 0.360 bits per heavy atom. The fourth-order valence-corrected chi connectivity index (χ4v) is 4.11. The monoisotopic (exact) mass is 399 g/mol. The van der Waals surface area contributed by atoms with Crippen LogP contribution in [0.1, 0.15) is 0 Å². The molecule has 0 amide bonds. The van der Waals surface area contributed by atoms with Gasteiger partial charge in [0.15, 0.2) is 0 Å². The van der Waals surface area contributed by atoms with E-state index >= 15 is 0 Å². The van der Waals surface area contributed by atoms with E-state index in [1.165, 1.54) is 0 Å². The van der Waals surface area contributed by atoms with Crippen LogP contribution in [0.3, 0.4) is 0 Å². The molecule has 5 heteroatoms. The smallest absolute Gasteiger partial charge is 0.268 e. The van der Waals surface area contributed by atoms with Crippen LogP contribution in [-0.4, -0.2) is 38.4 Å². The first-order valence-electron chi connectivity index (χ1n) is 9.15. The largest absolute Gasteiger partial charge is 0.277 e. The minimum absolute atomic E-state index is 1.51. The fourth-order valence-electron chi connectivity index (χ4n) is 1.52. The summed E-state index contributed by atoms with van der Waals surface area (Å²) in [6.45, 7) is 27.2. The summed E-state index contributed by atoms with van der Waals surface area (Å²) in [5.41, 5.74) is 14.1. The van der Waals surface area contributed by atoms with E-state index in [0.29, 0.717) is 0 Å². The van der Waals surface area contributed by atoms with Crippen molar-refractivity contribution >= 4 is 38.4 Å². The van der Waals surface area contributed by atoms with E-state index in [1.54, 1.807) is 0 Å². The summed E-state index contributed by atoms with van der Waals surface area (Å²) in [6, 6.07) is 0. The van der Waals surface area contributed by atoms with E-state index < -0.39 is 38.4 Å². The molecule has 0 atom stereocenters. The van der Waals surface area contributed by atoms with Gasteiger partial charge < -0.3 is 0 Å². The molecule has 0 spiro atoms. The highest BCUT2D eigenvalue weighted by molar-refractivity contribution is 7.09. The van der Waals surface area contributed by atoms with Crippen molar-refractivity contribution in [3.63, 3.8) is 0 Å². The first-order valence-corrected chi connectivity index (χ1v) is 23.2. The Kier molecular flexibility index (Phi) is 7.97. The van der Waals surface area contributed by atoms with Gasteiger partial charge in [-0.15, -0.1) is 0 Å². The van der Waals surface area contributed by atoms with Crippen LogP contribution < -0.4 is 0 Å². The first kappa shape index (κ1) is 24.2. The molecule has 136 valence electrons. The summed E-state index contributed by atoms with van der Waals surface area (Å²) < 4.78 is 0. The second kappa shape index (κ2) is 8.24.